The predicted molar refractivity (Wildman–Crippen MR) is 69.1 cm³/mol. The fourth-order valence-electron chi connectivity index (χ4n) is 1.78. The van der Waals surface area contributed by atoms with Crippen LogP contribution in [0.25, 0.3) is 6.08 Å². The first kappa shape index (κ1) is 13.0. The Hall–Kier alpha value is -1.11. The van der Waals surface area contributed by atoms with Gasteiger partial charge in [-0.25, -0.2) is 0 Å². The van der Waals surface area contributed by atoms with Gasteiger partial charge >= 0.3 is 0 Å². The van der Waals surface area contributed by atoms with E-state index in [-0.39, 0.29) is 5.92 Å². The first-order chi connectivity index (χ1) is 7.56. The molecule has 1 rings (SSSR count). The molecular weight excluding hydrogens is 199 g/mol. The van der Waals surface area contributed by atoms with E-state index in [1.54, 1.807) is 6.08 Å². The highest BCUT2D eigenvalue weighted by molar-refractivity contribution is 5.51. The van der Waals surface area contributed by atoms with Crippen molar-refractivity contribution >= 4 is 6.08 Å². The van der Waals surface area contributed by atoms with E-state index in [0.717, 1.165) is 17.5 Å². The molecule has 0 amide bonds. The molecule has 0 saturated carbocycles. The van der Waals surface area contributed by atoms with Crippen LogP contribution in [0.4, 0.5) is 4.39 Å². The summed E-state index contributed by atoms with van der Waals surface area (Å²) in [5, 5.41) is 0. The third-order valence-corrected chi connectivity index (χ3v) is 2.57. The van der Waals surface area contributed by atoms with E-state index in [9.17, 15) is 4.39 Å². The Balaban J connectivity index is 3.05. The summed E-state index contributed by atoms with van der Waals surface area (Å²) in [5.74, 6) is 0.326. The number of hydrogen-bond donors (Lipinski definition) is 0. The molecule has 16 heavy (non-hydrogen) atoms. The Labute approximate surface area is 98.2 Å². The van der Waals surface area contributed by atoms with Crippen molar-refractivity contribution in [2.45, 2.75) is 26.2 Å². The predicted octanol–water partition coefficient (Wildman–Crippen LogP) is 4.42. The number of rotatable bonds is 5. The van der Waals surface area contributed by atoms with Crippen LogP contribution in [-0.4, -0.2) is 6.67 Å². The molecule has 1 atom stereocenters. The van der Waals surface area contributed by atoms with Crippen molar-refractivity contribution in [2.75, 3.05) is 6.67 Å². The molecule has 0 spiro atoms. The Kier molecular flexibility index (Phi) is 4.72. The van der Waals surface area contributed by atoms with Gasteiger partial charge in [-0.1, -0.05) is 44.7 Å². The summed E-state index contributed by atoms with van der Waals surface area (Å²) in [5.41, 5.74) is 3.26. The van der Waals surface area contributed by atoms with E-state index in [2.05, 4.69) is 39.5 Å². The van der Waals surface area contributed by atoms with Crippen LogP contribution in [0.15, 0.2) is 24.8 Å². The van der Waals surface area contributed by atoms with Crippen molar-refractivity contribution < 1.29 is 4.39 Å². The van der Waals surface area contributed by atoms with Gasteiger partial charge in [-0.2, -0.15) is 0 Å². The van der Waals surface area contributed by atoms with Gasteiger partial charge < -0.3 is 0 Å². The van der Waals surface area contributed by atoms with Crippen molar-refractivity contribution in [1.29, 1.82) is 0 Å². The lowest BCUT2D eigenvalue weighted by Gasteiger charge is -2.12. The molecule has 1 aromatic carbocycles. The molecule has 0 aliphatic rings. The van der Waals surface area contributed by atoms with Crippen molar-refractivity contribution in [3.8, 4) is 0 Å². The largest absolute Gasteiger partial charge is 0.250 e. The molecule has 0 N–H and O–H groups in total. The molecule has 0 bridgehead atoms. The number of hydrogen-bond acceptors (Lipinski definition) is 0. The summed E-state index contributed by atoms with van der Waals surface area (Å²) in [6.45, 7) is 11.5. The van der Waals surface area contributed by atoms with Crippen LogP contribution in [0.5, 0.6) is 0 Å². The van der Waals surface area contributed by atoms with Crippen LogP contribution < -0.4 is 0 Å². The minimum absolute atomic E-state index is 0.272. The molecule has 0 saturated heterocycles. The lowest BCUT2D eigenvalue weighted by molar-refractivity contribution is 0.465. The zero-order valence-corrected chi connectivity index (χ0v) is 10.2. The highest BCUT2D eigenvalue weighted by Gasteiger charge is 2.08. The molecule has 0 aliphatic carbocycles. The Morgan fingerprint density at radius 2 is 2.00 bits per heavy atom. The fraction of sp³-hybridized carbons (Fsp3) is 0.400. The van der Waals surface area contributed by atoms with E-state index >= 15 is 0 Å². The maximum atomic E-state index is 12.6. The monoisotopic (exact) mass is 219 g/mol. The van der Waals surface area contributed by atoms with Gasteiger partial charge in [0, 0.05) is 5.92 Å². The molecule has 1 aromatic rings. The Morgan fingerprint density at radius 1 is 1.31 bits per heavy atom. The van der Waals surface area contributed by atoms with E-state index in [0.29, 0.717) is 5.92 Å². The molecule has 0 aromatic heterocycles. The smallest absolute Gasteiger partial charge is 0.0962 e. The Morgan fingerprint density at radius 3 is 2.50 bits per heavy atom. The second-order valence-corrected chi connectivity index (χ2v) is 4.66. The average molecular weight is 219 g/mol. The zero-order chi connectivity index (χ0) is 12.1. The molecule has 1 unspecified atom stereocenters. The van der Waals surface area contributed by atoms with Gasteiger partial charge in [0.15, 0.2) is 0 Å². The second kappa shape index (κ2) is 5.83. The van der Waals surface area contributed by atoms with Gasteiger partial charge in [0.1, 0.15) is 0 Å². The quantitative estimate of drug-likeness (QED) is 0.688. The van der Waals surface area contributed by atoms with E-state index < -0.39 is 6.67 Å². The van der Waals surface area contributed by atoms with Crippen LogP contribution in [0, 0.1) is 12.8 Å². The van der Waals surface area contributed by atoms with Gasteiger partial charge in [-0.3, -0.25) is 4.39 Å². The fourth-order valence-corrected chi connectivity index (χ4v) is 1.78. The highest BCUT2D eigenvalue weighted by Crippen LogP contribution is 2.21. The molecule has 0 aliphatic heterocycles. The Bertz CT molecular complexity index is 352. The van der Waals surface area contributed by atoms with Gasteiger partial charge in [0.25, 0.3) is 0 Å². The minimum atomic E-state index is -0.415. The van der Waals surface area contributed by atoms with Gasteiger partial charge in [-0.15, -0.1) is 0 Å². The average Bonchev–Trinajstić information content (AvgIpc) is 2.26. The summed E-state index contributed by atoms with van der Waals surface area (Å²) in [4.78, 5) is 0. The van der Waals surface area contributed by atoms with E-state index in [1.807, 2.05) is 6.07 Å². The SMILES string of the molecule is [CH2]C(CF)c1cc(C=C)cc(CC(C)C)c1. The third kappa shape index (κ3) is 3.48. The van der Waals surface area contributed by atoms with Crippen molar-refractivity contribution in [1.82, 2.24) is 0 Å². The molecule has 0 nitrogen and oxygen atoms in total. The molecule has 0 fully saturated rings. The molecule has 87 valence electrons. The molecule has 0 heterocycles. The topological polar surface area (TPSA) is 0 Å². The standard InChI is InChI=1S/C15H20F/c1-5-13-7-14(6-11(2)3)9-15(8-13)12(4)10-16/h5,7-9,11-12H,1,4,6,10H2,2-3H3. The maximum absolute atomic E-state index is 12.6. The van der Waals surface area contributed by atoms with E-state index in [1.165, 1.54) is 5.56 Å². The van der Waals surface area contributed by atoms with Crippen molar-refractivity contribution in [3.05, 3.63) is 48.4 Å². The first-order valence-corrected chi connectivity index (χ1v) is 5.72. The van der Waals surface area contributed by atoms with Crippen LogP contribution >= 0.6 is 0 Å². The van der Waals surface area contributed by atoms with Gasteiger partial charge in [0.2, 0.25) is 0 Å². The summed E-state index contributed by atoms with van der Waals surface area (Å²) in [6.07, 6.45) is 2.81. The van der Waals surface area contributed by atoms with Crippen LogP contribution in [0.1, 0.15) is 36.5 Å². The van der Waals surface area contributed by atoms with Gasteiger partial charge in [-0.05, 0) is 36.0 Å². The first-order valence-electron chi connectivity index (χ1n) is 5.72. The van der Waals surface area contributed by atoms with Crippen LogP contribution in [0.3, 0.4) is 0 Å². The summed E-state index contributed by atoms with van der Waals surface area (Å²) in [7, 11) is 0. The summed E-state index contributed by atoms with van der Waals surface area (Å²) in [6, 6.07) is 6.14. The number of halogens is 1. The van der Waals surface area contributed by atoms with E-state index in [4.69, 9.17) is 0 Å². The van der Waals surface area contributed by atoms with Crippen molar-refractivity contribution in [3.63, 3.8) is 0 Å². The third-order valence-electron chi connectivity index (χ3n) is 2.57. The van der Waals surface area contributed by atoms with Gasteiger partial charge in [0.05, 0.1) is 6.67 Å². The van der Waals surface area contributed by atoms with Crippen molar-refractivity contribution in [2.24, 2.45) is 5.92 Å². The summed E-state index contributed by atoms with van der Waals surface area (Å²) < 4.78 is 12.6. The number of benzene rings is 1. The van der Waals surface area contributed by atoms with Crippen LogP contribution in [0.2, 0.25) is 0 Å². The lowest BCUT2D eigenvalue weighted by atomic mass is 9.93. The normalized spacial score (nSPS) is 12.8. The van der Waals surface area contributed by atoms with Crippen LogP contribution in [-0.2, 0) is 6.42 Å². The molecule has 1 heteroatoms. The lowest BCUT2D eigenvalue weighted by Crippen LogP contribution is -2.00. The molecular formula is C15H20F. The molecule has 1 radical (unpaired) electrons. The maximum Gasteiger partial charge on any atom is 0.0962 e. The number of alkyl halides is 1. The highest BCUT2D eigenvalue weighted by atomic mass is 19.1. The minimum Gasteiger partial charge on any atom is -0.250 e. The zero-order valence-electron chi connectivity index (χ0n) is 10.2. The summed E-state index contributed by atoms with van der Waals surface area (Å²) >= 11 is 0. The second-order valence-electron chi connectivity index (χ2n) is 4.66.